The number of pyridine rings is 1. The molecule has 11 nitrogen and oxygen atoms in total. The first-order valence-corrected chi connectivity index (χ1v) is 13.7. The van der Waals surface area contributed by atoms with Gasteiger partial charge in [-0.3, -0.25) is 4.98 Å². The van der Waals surface area contributed by atoms with Gasteiger partial charge in [0.1, 0.15) is 4.90 Å². The van der Waals surface area contributed by atoms with Crippen molar-refractivity contribution in [1.29, 1.82) is 0 Å². The van der Waals surface area contributed by atoms with Gasteiger partial charge in [0.15, 0.2) is 11.6 Å². The summed E-state index contributed by atoms with van der Waals surface area (Å²) >= 11 is 0. The number of primary sulfonamides is 1. The van der Waals surface area contributed by atoms with Crippen molar-refractivity contribution in [3.63, 3.8) is 0 Å². The van der Waals surface area contributed by atoms with Crippen molar-refractivity contribution in [1.82, 2.24) is 19.7 Å². The van der Waals surface area contributed by atoms with E-state index in [1.807, 2.05) is 0 Å². The third-order valence-corrected chi connectivity index (χ3v) is 7.56. The molecule has 0 amide bonds. The van der Waals surface area contributed by atoms with Crippen LogP contribution in [0, 0.1) is 12.7 Å². The number of rotatable bonds is 9. The summed E-state index contributed by atoms with van der Waals surface area (Å²) in [5.74, 6) is -0.816. The first kappa shape index (κ1) is 26.1. The summed E-state index contributed by atoms with van der Waals surface area (Å²) in [5, 5.41) is 10.9. The molecule has 0 fully saturated rings. The molecule has 5 N–H and O–H groups in total. The van der Waals surface area contributed by atoms with Crippen molar-refractivity contribution < 1.29 is 21.2 Å². The smallest absolute Gasteiger partial charge is 0.242 e. The number of nitrogens with zero attached hydrogens (tertiary/aromatic N) is 3. The SMILES string of the molecule is Cc1ccc(Nc2ncc(F)c(Nc3ccc(CNS(=O)(=O)c4cccnc4)cc3)n2)cc1S(N)(=O)=O. The number of aromatic nitrogens is 3. The summed E-state index contributed by atoms with van der Waals surface area (Å²) in [4.78, 5) is 11.8. The van der Waals surface area contributed by atoms with Crippen LogP contribution in [-0.2, 0) is 26.6 Å². The Morgan fingerprint density at radius 3 is 2.35 bits per heavy atom. The predicted octanol–water partition coefficient (Wildman–Crippen LogP) is 2.93. The summed E-state index contributed by atoms with van der Waals surface area (Å²) in [5.41, 5.74) is 2.00. The second-order valence-electron chi connectivity index (χ2n) is 7.88. The van der Waals surface area contributed by atoms with Crippen LogP contribution < -0.4 is 20.5 Å². The van der Waals surface area contributed by atoms with E-state index in [0.29, 0.717) is 22.5 Å². The Hall–Kier alpha value is -3.98. The molecule has 4 rings (SSSR count). The van der Waals surface area contributed by atoms with Crippen molar-refractivity contribution in [2.75, 3.05) is 10.6 Å². The Labute approximate surface area is 213 Å². The number of nitrogens with two attached hydrogens (primary N) is 1. The van der Waals surface area contributed by atoms with E-state index < -0.39 is 25.9 Å². The van der Waals surface area contributed by atoms with E-state index in [9.17, 15) is 21.2 Å². The highest BCUT2D eigenvalue weighted by Gasteiger charge is 2.15. The standard InChI is InChI=1S/C23H22FN7O4S2/c1-15-4-7-18(11-21(15)36(25,32)33)30-23-27-14-20(24)22(31-23)29-17-8-5-16(6-9-17)12-28-37(34,35)19-3-2-10-26-13-19/h2-11,13-14,28H,12H2,1H3,(H2,25,32,33)(H2,27,29,30,31). The Bertz CT molecular complexity index is 1630. The number of anilines is 4. The van der Waals surface area contributed by atoms with Gasteiger partial charge in [-0.05, 0) is 54.4 Å². The first-order chi connectivity index (χ1) is 17.5. The average molecular weight is 544 g/mol. The van der Waals surface area contributed by atoms with Crippen molar-refractivity contribution in [3.05, 3.63) is 90.1 Å². The molecule has 2 aromatic carbocycles. The minimum atomic E-state index is -3.93. The second-order valence-corrected chi connectivity index (χ2v) is 11.2. The van der Waals surface area contributed by atoms with Gasteiger partial charge >= 0.3 is 0 Å². The van der Waals surface area contributed by atoms with Gasteiger partial charge in [-0.15, -0.1) is 0 Å². The van der Waals surface area contributed by atoms with Crippen molar-refractivity contribution in [2.24, 2.45) is 5.14 Å². The lowest BCUT2D eigenvalue weighted by Crippen LogP contribution is -2.23. The van der Waals surface area contributed by atoms with Crippen molar-refractivity contribution in [2.45, 2.75) is 23.3 Å². The minimum Gasteiger partial charge on any atom is -0.338 e. The highest BCUT2D eigenvalue weighted by Crippen LogP contribution is 2.23. The summed E-state index contributed by atoms with van der Waals surface area (Å²) in [6.45, 7) is 1.66. The van der Waals surface area contributed by atoms with Crippen molar-refractivity contribution in [3.8, 4) is 0 Å². The monoisotopic (exact) mass is 543 g/mol. The first-order valence-electron chi connectivity index (χ1n) is 10.7. The van der Waals surface area contributed by atoms with Gasteiger partial charge in [0.05, 0.1) is 11.1 Å². The number of hydrogen-bond acceptors (Lipinski definition) is 9. The van der Waals surface area contributed by atoms with E-state index in [1.54, 1.807) is 43.3 Å². The van der Waals surface area contributed by atoms with E-state index in [1.165, 1.54) is 30.6 Å². The highest BCUT2D eigenvalue weighted by atomic mass is 32.2. The predicted molar refractivity (Wildman–Crippen MR) is 136 cm³/mol. The van der Waals surface area contributed by atoms with Crippen LogP contribution >= 0.6 is 0 Å². The average Bonchev–Trinajstić information content (AvgIpc) is 2.87. The van der Waals surface area contributed by atoms with Crippen LogP contribution in [0.3, 0.4) is 0 Å². The fourth-order valence-corrected chi connectivity index (χ4v) is 5.03. The van der Waals surface area contributed by atoms with Crippen LogP contribution in [0.15, 0.2) is 83.0 Å². The van der Waals surface area contributed by atoms with Crippen LogP contribution in [0.5, 0.6) is 0 Å². The van der Waals surface area contributed by atoms with E-state index >= 15 is 0 Å². The fraction of sp³-hybridized carbons (Fsp3) is 0.0870. The van der Waals surface area contributed by atoms with E-state index in [4.69, 9.17) is 5.14 Å². The maximum absolute atomic E-state index is 14.4. The Morgan fingerprint density at radius 2 is 1.68 bits per heavy atom. The Balaban J connectivity index is 1.44. The number of nitrogens with one attached hydrogen (secondary N) is 3. The molecule has 37 heavy (non-hydrogen) atoms. The van der Waals surface area contributed by atoms with E-state index in [-0.39, 0.29) is 28.1 Å². The molecule has 0 atom stereocenters. The van der Waals surface area contributed by atoms with Gasteiger partial charge in [-0.2, -0.15) is 4.98 Å². The third-order valence-electron chi connectivity index (χ3n) is 5.12. The lowest BCUT2D eigenvalue weighted by Gasteiger charge is -2.11. The third kappa shape index (κ3) is 6.62. The minimum absolute atomic E-state index is 0.0227. The molecule has 0 aliphatic rings. The summed E-state index contributed by atoms with van der Waals surface area (Å²) in [6.07, 6.45) is 3.71. The molecule has 0 radical (unpaired) electrons. The van der Waals surface area contributed by atoms with Gasteiger partial charge in [-0.1, -0.05) is 18.2 Å². The molecule has 0 aliphatic carbocycles. The van der Waals surface area contributed by atoms with Gasteiger partial charge in [0.2, 0.25) is 26.0 Å². The molecular weight excluding hydrogens is 521 g/mol. The zero-order valence-corrected chi connectivity index (χ0v) is 21.0. The number of aryl methyl sites for hydroxylation is 1. The molecular formula is C23H22FN7O4S2. The van der Waals surface area contributed by atoms with Crippen LogP contribution in [-0.4, -0.2) is 31.8 Å². The summed E-state index contributed by atoms with van der Waals surface area (Å²) in [7, 11) is -7.64. The summed E-state index contributed by atoms with van der Waals surface area (Å²) in [6, 6.07) is 14.1. The van der Waals surface area contributed by atoms with Crippen molar-refractivity contribution >= 4 is 43.2 Å². The molecule has 0 unspecified atom stereocenters. The lowest BCUT2D eigenvalue weighted by molar-refractivity contribution is 0.580. The van der Waals surface area contributed by atoms with Crippen LogP contribution in [0.1, 0.15) is 11.1 Å². The molecule has 0 saturated carbocycles. The molecule has 14 heteroatoms. The van der Waals surface area contributed by atoms with E-state index in [0.717, 1.165) is 6.20 Å². The maximum atomic E-state index is 14.4. The van der Waals surface area contributed by atoms with Gasteiger partial charge in [0, 0.05) is 30.3 Å². The molecule has 2 aromatic heterocycles. The number of hydrogen-bond donors (Lipinski definition) is 4. The molecule has 4 aromatic rings. The van der Waals surface area contributed by atoms with Crippen LogP contribution in [0.25, 0.3) is 0 Å². The topological polar surface area (TPSA) is 169 Å². The largest absolute Gasteiger partial charge is 0.338 e. The normalized spacial score (nSPS) is 11.8. The molecule has 0 aliphatic heterocycles. The Kier molecular flexibility index (Phi) is 7.45. The number of halogens is 1. The lowest BCUT2D eigenvalue weighted by atomic mass is 10.2. The van der Waals surface area contributed by atoms with Gasteiger partial charge in [0.25, 0.3) is 0 Å². The second kappa shape index (κ2) is 10.6. The van der Waals surface area contributed by atoms with Crippen LogP contribution in [0.2, 0.25) is 0 Å². The quantitative estimate of drug-likeness (QED) is 0.248. The van der Waals surface area contributed by atoms with Gasteiger partial charge < -0.3 is 10.6 Å². The fourth-order valence-electron chi connectivity index (χ4n) is 3.24. The number of sulfonamides is 2. The van der Waals surface area contributed by atoms with Crippen LogP contribution in [0.4, 0.5) is 27.5 Å². The zero-order chi connectivity index (χ0) is 26.6. The molecule has 0 saturated heterocycles. The molecule has 0 bridgehead atoms. The zero-order valence-electron chi connectivity index (χ0n) is 19.4. The maximum Gasteiger partial charge on any atom is 0.242 e. The van der Waals surface area contributed by atoms with E-state index in [2.05, 4.69) is 30.3 Å². The number of benzene rings is 2. The molecule has 0 spiro atoms. The van der Waals surface area contributed by atoms with Gasteiger partial charge in [-0.25, -0.2) is 36.1 Å². The highest BCUT2D eigenvalue weighted by molar-refractivity contribution is 7.89. The Morgan fingerprint density at radius 1 is 0.946 bits per heavy atom. The molecule has 2 heterocycles. The summed E-state index contributed by atoms with van der Waals surface area (Å²) < 4.78 is 65.1. The molecule has 192 valence electrons.